The van der Waals surface area contributed by atoms with Gasteiger partial charge in [0.25, 0.3) is 5.92 Å². The summed E-state index contributed by atoms with van der Waals surface area (Å²) in [7, 11) is 0. The zero-order chi connectivity index (χ0) is 13.5. The van der Waals surface area contributed by atoms with Crippen LogP contribution in [0.3, 0.4) is 0 Å². The minimum absolute atomic E-state index is 0.119. The largest absolute Gasteiger partial charge is 0.453 e. The molecule has 1 unspecified atom stereocenters. The van der Waals surface area contributed by atoms with Gasteiger partial charge in [-0.15, -0.1) is 0 Å². The third kappa shape index (κ3) is 1.94. The maximum absolute atomic E-state index is 14.6. The molecule has 1 saturated heterocycles. The quantitative estimate of drug-likeness (QED) is 0.767. The number of carbonyl (C=O) groups excluding carboxylic acids is 1. The van der Waals surface area contributed by atoms with Gasteiger partial charge in [0.05, 0.1) is 0 Å². The molecule has 1 aromatic carbocycles. The minimum Gasteiger partial charge on any atom is -0.453 e. The molecule has 2 fully saturated rings. The first-order valence-electron chi connectivity index (χ1n) is 6.67. The highest BCUT2D eigenvalue weighted by molar-refractivity contribution is 5.72. The van der Waals surface area contributed by atoms with Gasteiger partial charge >= 0.3 is 5.97 Å². The number of ether oxygens (including phenoxy) is 1. The molecular weight excluding hydrogens is 250 g/mol. The number of rotatable bonds is 2. The van der Waals surface area contributed by atoms with Gasteiger partial charge in [0.15, 0.2) is 5.60 Å². The Morgan fingerprint density at radius 2 is 1.95 bits per heavy atom. The van der Waals surface area contributed by atoms with Gasteiger partial charge in [-0.2, -0.15) is 0 Å². The van der Waals surface area contributed by atoms with E-state index in [0.29, 0.717) is 12.8 Å². The number of halogens is 2. The van der Waals surface area contributed by atoms with E-state index in [9.17, 15) is 13.6 Å². The molecule has 0 radical (unpaired) electrons. The van der Waals surface area contributed by atoms with Gasteiger partial charge in [0, 0.05) is 18.8 Å². The summed E-state index contributed by atoms with van der Waals surface area (Å²) in [5.74, 6) is -4.14. The Hall–Kier alpha value is -1.45. The molecule has 2 aliphatic rings. The van der Waals surface area contributed by atoms with Gasteiger partial charge < -0.3 is 4.74 Å². The standard InChI is InChI=1S/C15H16F2O2/c16-15(17)12(10-11-4-2-1-3-5-11)6-8-14(15)9-7-13(18)19-14/h1-5,12H,6-10H2/t12-,14?/m0/s1. The molecule has 2 nitrogen and oxygen atoms in total. The topological polar surface area (TPSA) is 26.3 Å². The van der Waals surface area contributed by atoms with Crippen molar-refractivity contribution < 1.29 is 18.3 Å². The number of carbonyl (C=O) groups is 1. The molecule has 1 aliphatic heterocycles. The van der Waals surface area contributed by atoms with E-state index in [-0.39, 0.29) is 19.3 Å². The van der Waals surface area contributed by atoms with E-state index in [4.69, 9.17) is 4.74 Å². The SMILES string of the molecule is O=C1CCC2(CC[C@@H](Cc3ccccc3)C2(F)F)O1. The van der Waals surface area contributed by atoms with Crippen molar-refractivity contribution in [3.05, 3.63) is 35.9 Å². The highest BCUT2D eigenvalue weighted by Crippen LogP contribution is 2.55. The third-order valence-electron chi connectivity index (χ3n) is 4.38. The molecule has 4 heteroatoms. The van der Waals surface area contributed by atoms with Gasteiger partial charge in [-0.1, -0.05) is 30.3 Å². The van der Waals surface area contributed by atoms with Crippen molar-refractivity contribution in [1.29, 1.82) is 0 Å². The van der Waals surface area contributed by atoms with Crippen molar-refractivity contribution in [3.63, 3.8) is 0 Å². The smallest absolute Gasteiger partial charge is 0.306 e. The zero-order valence-electron chi connectivity index (χ0n) is 10.6. The lowest BCUT2D eigenvalue weighted by molar-refractivity contribution is -0.194. The van der Waals surface area contributed by atoms with E-state index in [1.807, 2.05) is 30.3 Å². The van der Waals surface area contributed by atoms with Gasteiger partial charge in [0.2, 0.25) is 0 Å². The molecule has 0 bridgehead atoms. The van der Waals surface area contributed by atoms with Crippen LogP contribution in [-0.2, 0) is 16.0 Å². The van der Waals surface area contributed by atoms with E-state index < -0.39 is 23.4 Å². The molecule has 0 aromatic heterocycles. The molecule has 3 rings (SSSR count). The third-order valence-corrected chi connectivity index (χ3v) is 4.38. The van der Waals surface area contributed by atoms with Crippen molar-refractivity contribution in [3.8, 4) is 0 Å². The van der Waals surface area contributed by atoms with Gasteiger partial charge in [-0.05, 0) is 24.8 Å². The van der Waals surface area contributed by atoms with Crippen LogP contribution in [0.2, 0.25) is 0 Å². The summed E-state index contributed by atoms with van der Waals surface area (Å²) in [6, 6.07) is 9.31. The van der Waals surface area contributed by atoms with Crippen molar-refractivity contribution >= 4 is 5.97 Å². The fourth-order valence-electron chi connectivity index (χ4n) is 3.29. The maximum atomic E-state index is 14.6. The summed E-state index contributed by atoms with van der Waals surface area (Å²) in [6.45, 7) is 0. The predicted molar refractivity (Wildman–Crippen MR) is 65.9 cm³/mol. The minimum atomic E-state index is -2.92. The van der Waals surface area contributed by atoms with Crippen molar-refractivity contribution in [2.75, 3.05) is 0 Å². The summed E-state index contributed by atoms with van der Waals surface area (Å²) in [4.78, 5) is 11.2. The van der Waals surface area contributed by atoms with Crippen molar-refractivity contribution in [2.24, 2.45) is 5.92 Å². The second-order valence-corrected chi connectivity index (χ2v) is 5.52. The molecule has 2 atom stereocenters. The highest BCUT2D eigenvalue weighted by Gasteiger charge is 2.66. The summed E-state index contributed by atoms with van der Waals surface area (Å²) < 4.78 is 34.1. The Kier molecular flexibility index (Phi) is 2.84. The van der Waals surface area contributed by atoms with Crippen LogP contribution in [0, 0.1) is 5.92 Å². The molecule has 1 aromatic rings. The Bertz CT molecular complexity index is 486. The number of esters is 1. The van der Waals surface area contributed by atoms with Crippen molar-refractivity contribution in [1.82, 2.24) is 0 Å². The molecule has 0 N–H and O–H groups in total. The van der Waals surface area contributed by atoms with Crippen LogP contribution < -0.4 is 0 Å². The van der Waals surface area contributed by atoms with Crippen molar-refractivity contribution in [2.45, 2.75) is 43.6 Å². The molecular formula is C15H16F2O2. The van der Waals surface area contributed by atoms with E-state index in [0.717, 1.165) is 5.56 Å². The summed E-state index contributed by atoms with van der Waals surface area (Å²) in [6.07, 6.45) is 1.31. The van der Waals surface area contributed by atoms with Crippen LogP contribution in [0.15, 0.2) is 30.3 Å². The second-order valence-electron chi connectivity index (χ2n) is 5.52. The fraction of sp³-hybridized carbons (Fsp3) is 0.533. The Labute approximate surface area is 110 Å². The Balaban J connectivity index is 1.80. The fourth-order valence-corrected chi connectivity index (χ4v) is 3.29. The lowest BCUT2D eigenvalue weighted by Crippen LogP contribution is -2.46. The van der Waals surface area contributed by atoms with Crippen LogP contribution in [0.25, 0.3) is 0 Å². The first-order valence-corrected chi connectivity index (χ1v) is 6.67. The molecule has 1 heterocycles. The van der Waals surface area contributed by atoms with Gasteiger partial charge in [0.1, 0.15) is 0 Å². The molecule has 1 spiro atoms. The maximum Gasteiger partial charge on any atom is 0.306 e. The Morgan fingerprint density at radius 3 is 2.58 bits per heavy atom. The number of hydrogen-bond acceptors (Lipinski definition) is 2. The first-order chi connectivity index (χ1) is 9.03. The van der Waals surface area contributed by atoms with Crippen LogP contribution in [0.1, 0.15) is 31.2 Å². The van der Waals surface area contributed by atoms with Crippen LogP contribution in [0.4, 0.5) is 8.78 Å². The summed E-state index contributed by atoms with van der Waals surface area (Å²) in [5.41, 5.74) is -0.614. The number of hydrogen-bond donors (Lipinski definition) is 0. The second kappa shape index (κ2) is 4.29. The monoisotopic (exact) mass is 266 g/mol. The number of benzene rings is 1. The average molecular weight is 266 g/mol. The van der Waals surface area contributed by atoms with E-state index in [2.05, 4.69) is 0 Å². The van der Waals surface area contributed by atoms with Crippen LogP contribution in [0.5, 0.6) is 0 Å². The van der Waals surface area contributed by atoms with Crippen LogP contribution in [-0.4, -0.2) is 17.5 Å². The zero-order valence-corrected chi connectivity index (χ0v) is 10.6. The lowest BCUT2D eigenvalue weighted by Gasteiger charge is -2.32. The van der Waals surface area contributed by atoms with E-state index >= 15 is 0 Å². The number of alkyl halides is 2. The molecule has 102 valence electrons. The highest BCUT2D eigenvalue weighted by atomic mass is 19.3. The first kappa shape index (κ1) is 12.6. The molecule has 1 saturated carbocycles. The molecule has 19 heavy (non-hydrogen) atoms. The van der Waals surface area contributed by atoms with Gasteiger partial charge in [-0.3, -0.25) is 4.79 Å². The summed E-state index contributed by atoms with van der Waals surface area (Å²) in [5, 5.41) is 0. The normalized spacial score (nSPS) is 32.7. The lowest BCUT2D eigenvalue weighted by atomic mass is 9.89. The van der Waals surface area contributed by atoms with E-state index in [1.54, 1.807) is 0 Å². The molecule has 1 aliphatic carbocycles. The summed E-state index contributed by atoms with van der Waals surface area (Å²) >= 11 is 0. The van der Waals surface area contributed by atoms with E-state index in [1.165, 1.54) is 0 Å². The van der Waals surface area contributed by atoms with Crippen LogP contribution >= 0.6 is 0 Å². The molecule has 0 amide bonds. The predicted octanol–water partition coefficient (Wildman–Crippen LogP) is 3.35. The average Bonchev–Trinajstić information content (AvgIpc) is 2.88. The Morgan fingerprint density at radius 1 is 1.21 bits per heavy atom. The van der Waals surface area contributed by atoms with Gasteiger partial charge in [-0.25, -0.2) is 8.78 Å².